The number of halogens is 2. The van der Waals surface area contributed by atoms with Gasteiger partial charge in [-0.05, 0) is 39.1 Å². The molecule has 27 heavy (non-hydrogen) atoms. The molecule has 154 valence electrons. The SMILES string of the molecule is Cc1ccc(CN(C)CCCl)cc1.Cc1ccc(CN(C)CCO)cc1.Cl.[2H][2H]. The Morgan fingerprint density at radius 1 is 0.815 bits per heavy atom. The Balaban J connectivity index is 0. The van der Waals surface area contributed by atoms with Crippen LogP contribution in [0.4, 0.5) is 0 Å². The van der Waals surface area contributed by atoms with E-state index in [-0.39, 0.29) is 19.0 Å². The second-order valence-corrected chi connectivity index (χ2v) is 7.24. The second kappa shape index (κ2) is 14.9. The summed E-state index contributed by atoms with van der Waals surface area (Å²) in [6.45, 7) is 7.97. The average Bonchev–Trinajstić information content (AvgIpc) is 2.68. The van der Waals surface area contributed by atoms with Gasteiger partial charge in [-0.2, -0.15) is 0 Å². The van der Waals surface area contributed by atoms with Crippen molar-refractivity contribution in [3.05, 3.63) is 70.8 Å². The van der Waals surface area contributed by atoms with Gasteiger partial charge in [-0.3, -0.25) is 4.90 Å². The van der Waals surface area contributed by atoms with Gasteiger partial charge in [0.1, 0.15) is 0 Å². The van der Waals surface area contributed by atoms with Crippen LogP contribution in [0.15, 0.2) is 48.5 Å². The third-order valence-corrected chi connectivity index (χ3v) is 4.26. The molecule has 5 heteroatoms. The Bertz CT molecular complexity index is 558. The number of rotatable bonds is 8. The number of nitrogens with zero attached hydrogens (tertiary/aromatic N) is 2. The zero-order chi connectivity index (χ0) is 21.4. The van der Waals surface area contributed by atoms with E-state index in [1.165, 1.54) is 22.3 Å². The van der Waals surface area contributed by atoms with Crippen LogP contribution in [0, 0.1) is 13.8 Å². The van der Waals surface area contributed by atoms with Gasteiger partial charge in [-0.15, -0.1) is 24.0 Å². The zero-order valence-corrected chi connectivity index (χ0v) is 18.6. The molecular formula is C22H36Cl2N2O. The molecule has 0 fully saturated rings. The number of hydrogen-bond donors (Lipinski definition) is 1. The molecule has 0 aliphatic rings. The predicted octanol–water partition coefficient (Wildman–Crippen LogP) is 4.75. The Hall–Kier alpha value is -1.10. The minimum absolute atomic E-state index is 0. The Kier molecular flexibility index (Phi) is 13.2. The quantitative estimate of drug-likeness (QED) is 0.628. The molecule has 0 aliphatic heterocycles. The summed E-state index contributed by atoms with van der Waals surface area (Å²) in [6, 6.07) is 17.1. The van der Waals surface area contributed by atoms with Crippen molar-refractivity contribution < 1.29 is 8.08 Å². The lowest BCUT2D eigenvalue weighted by Crippen LogP contribution is -2.21. The van der Waals surface area contributed by atoms with Crippen LogP contribution in [-0.2, 0) is 13.1 Å². The molecule has 2 rings (SSSR count). The lowest BCUT2D eigenvalue weighted by Gasteiger charge is -2.14. The molecule has 0 heterocycles. The molecular weight excluding hydrogens is 379 g/mol. The first-order valence-electron chi connectivity index (χ1n) is 10.1. The van der Waals surface area contributed by atoms with Gasteiger partial charge in [0.05, 0.1) is 6.61 Å². The average molecular weight is 417 g/mol. The van der Waals surface area contributed by atoms with Crippen LogP contribution in [0.25, 0.3) is 0 Å². The lowest BCUT2D eigenvalue weighted by atomic mass is 10.1. The minimum Gasteiger partial charge on any atom is -0.395 e. The van der Waals surface area contributed by atoms with Crippen molar-refractivity contribution in [2.45, 2.75) is 26.9 Å². The van der Waals surface area contributed by atoms with Gasteiger partial charge in [0.15, 0.2) is 0 Å². The maximum Gasteiger partial charge on any atom is 0.0558 e. The fourth-order valence-electron chi connectivity index (χ4n) is 2.48. The predicted molar refractivity (Wildman–Crippen MR) is 122 cm³/mol. The first-order valence-corrected chi connectivity index (χ1v) is 9.63. The molecule has 0 atom stereocenters. The summed E-state index contributed by atoms with van der Waals surface area (Å²) in [5.41, 5.74) is 5.23. The highest BCUT2D eigenvalue weighted by atomic mass is 35.5. The summed E-state index contributed by atoms with van der Waals surface area (Å²) >= 11 is 5.65. The highest BCUT2D eigenvalue weighted by molar-refractivity contribution is 6.18. The number of benzene rings is 2. The summed E-state index contributed by atoms with van der Waals surface area (Å²) < 4.78 is 10.0. The third kappa shape index (κ3) is 12.1. The molecule has 3 nitrogen and oxygen atoms in total. The molecule has 0 spiro atoms. The van der Waals surface area contributed by atoms with Crippen LogP contribution in [0.5, 0.6) is 0 Å². The van der Waals surface area contributed by atoms with Crippen molar-refractivity contribution in [1.82, 2.24) is 9.80 Å². The second-order valence-electron chi connectivity index (χ2n) is 6.86. The van der Waals surface area contributed by atoms with Crippen molar-refractivity contribution in [2.75, 3.05) is 39.7 Å². The largest absolute Gasteiger partial charge is 0.395 e. The van der Waals surface area contributed by atoms with E-state index in [2.05, 4.69) is 79.2 Å². The first-order chi connectivity index (χ1) is 13.4. The summed E-state index contributed by atoms with van der Waals surface area (Å²) in [6.07, 6.45) is 0. The normalized spacial score (nSPS) is 10.7. The fourth-order valence-corrected chi connectivity index (χ4v) is 2.77. The number of hydrogen-bond acceptors (Lipinski definition) is 3. The van der Waals surface area contributed by atoms with Gasteiger partial charge in [-0.25, -0.2) is 0 Å². The summed E-state index contributed by atoms with van der Waals surface area (Å²) in [4.78, 5) is 4.32. The van der Waals surface area contributed by atoms with Crippen LogP contribution in [0.1, 0.15) is 25.2 Å². The van der Waals surface area contributed by atoms with Gasteiger partial charge < -0.3 is 10.0 Å². The van der Waals surface area contributed by atoms with E-state index in [0.29, 0.717) is 5.88 Å². The van der Waals surface area contributed by atoms with Gasteiger partial charge >= 0.3 is 0 Å². The van der Waals surface area contributed by atoms with Crippen molar-refractivity contribution in [3.63, 3.8) is 0 Å². The van der Waals surface area contributed by atoms with Gasteiger partial charge in [0.25, 0.3) is 0 Å². The standard InChI is InChI=1S/C11H16ClN.C11H17NO.ClH.H2/c1-10-3-5-11(6-4-10)9-13(2)8-7-12;1-10-3-5-11(6-4-10)9-12(2)7-8-13;;/h3-6H,7-9H2,1-2H3;3-6,13H,7-9H2,1-2H3;2*1H/i;;;1+1D. The van der Waals surface area contributed by atoms with Gasteiger partial charge in [0.2, 0.25) is 0 Å². The van der Waals surface area contributed by atoms with E-state index in [9.17, 15) is 0 Å². The number of alkyl halides is 1. The molecule has 0 bridgehead atoms. The molecule has 2 aromatic rings. The van der Waals surface area contributed by atoms with Gasteiger partial charge in [-0.1, -0.05) is 59.7 Å². The van der Waals surface area contributed by atoms with Crippen LogP contribution in [0.3, 0.4) is 0 Å². The fraction of sp³-hybridized carbons (Fsp3) is 0.455. The monoisotopic (exact) mass is 416 g/mol. The highest BCUT2D eigenvalue weighted by Crippen LogP contribution is 2.06. The van der Waals surface area contributed by atoms with Gasteiger partial charge in [0, 0.05) is 35.0 Å². The van der Waals surface area contributed by atoms with E-state index in [1.807, 2.05) is 7.05 Å². The highest BCUT2D eigenvalue weighted by Gasteiger charge is 1.99. The third-order valence-electron chi connectivity index (χ3n) is 4.09. The Labute approximate surface area is 179 Å². The van der Waals surface area contributed by atoms with E-state index in [4.69, 9.17) is 19.7 Å². The van der Waals surface area contributed by atoms with E-state index < -0.39 is 0 Å². The lowest BCUT2D eigenvalue weighted by molar-refractivity contribution is 0.217. The molecule has 0 radical (unpaired) electrons. The summed E-state index contributed by atoms with van der Waals surface area (Å²) in [5, 5.41) is 8.72. The Morgan fingerprint density at radius 3 is 1.52 bits per heavy atom. The van der Waals surface area contributed by atoms with Crippen molar-refractivity contribution in [1.29, 1.82) is 0 Å². The molecule has 0 unspecified atom stereocenters. The number of aliphatic hydroxyl groups is 1. The molecule has 0 saturated carbocycles. The van der Waals surface area contributed by atoms with E-state index in [0.717, 1.165) is 26.2 Å². The first kappa shape index (κ1) is 23.9. The van der Waals surface area contributed by atoms with E-state index in [1.54, 1.807) is 0 Å². The van der Waals surface area contributed by atoms with Crippen LogP contribution < -0.4 is 0 Å². The molecule has 1 N–H and O–H groups in total. The Morgan fingerprint density at radius 2 is 1.19 bits per heavy atom. The van der Waals surface area contributed by atoms with Crippen molar-refractivity contribution in [3.8, 4) is 0 Å². The maximum atomic E-state index is 8.72. The number of aryl methyl sites for hydroxylation is 2. The molecule has 0 aromatic heterocycles. The molecule has 0 aliphatic carbocycles. The topological polar surface area (TPSA) is 26.7 Å². The molecule has 0 saturated heterocycles. The smallest absolute Gasteiger partial charge is 0.0558 e. The minimum atomic E-state index is 0. The molecule has 0 amide bonds. The van der Waals surface area contributed by atoms with E-state index >= 15 is 0 Å². The van der Waals surface area contributed by atoms with Crippen LogP contribution in [0.2, 0.25) is 0 Å². The number of aliphatic hydroxyl groups excluding tert-OH is 1. The zero-order valence-electron chi connectivity index (χ0n) is 19.0. The molecule has 2 aromatic carbocycles. The van der Waals surface area contributed by atoms with Crippen molar-refractivity contribution >= 4 is 24.0 Å². The summed E-state index contributed by atoms with van der Waals surface area (Å²) in [5.74, 6) is 0.697. The van der Waals surface area contributed by atoms with Crippen LogP contribution >= 0.6 is 24.0 Å². The van der Waals surface area contributed by atoms with Crippen molar-refractivity contribution in [2.24, 2.45) is 0 Å². The maximum absolute atomic E-state index is 8.72. The summed E-state index contributed by atoms with van der Waals surface area (Å²) in [7, 11) is 4.10. The van der Waals surface area contributed by atoms with Crippen LogP contribution in [-0.4, -0.2) is 54.6 Å². The number of likely N-dealkylation sites (N-methyl/N-ethyl adjacent to an activating group) is 1.